The summed E-state index contributed by atoms with van der Waals surface area (Å²) in [5.41, 5.74) is 14.3. The van der Waals surface area contributed by atoms with E-state index >= 15 is 0 Å². The topological polar surface area (TPSA) is 0 Å². The van der Waals surface area contributed by atoms with Gasteiger partial charge in [0, 0.05) is 0 Å². The molecule has 7 aromatic rings. The van der Waals surface area contributed by atoms with E-state index in [9.17, 15) is 0 Å². The smallest absolute Gasteiger partial charge is 0.0105 e. The van der Waals surface area contributed by atoms with Crippen LogP contribution in [0.25, 0.3) is 47.6 Å². The summed E-state index contributed by atoms with van der Waals surface area (Å²) in [6, 6.07) is 68.5. The van der Waals surface area contributed by atoms with Gasteiger partial charge in [0.05, 0.1) is 0 Å². The van der Waals surface area contributed by atoms with Gasteiger partial charge in [0.2, 0.25) is 0 Å². The Kier molecular flexibility index (Phi) is 10.3. The van der Waals surface area contributed by atoms with Crippen molar-refractivity contribution in [2.24, 2.45) is 0 Å². The Morgan fingerprint density at radius 3 is 0.640 bits per heavy atom. The highest BCUT2D eigenvalue weighted by molar-refractivity contribution is 5.92. The number of hydrogen-bond donors (Lipinski definition) is 0. The van der Waals surface area contributed by atoms with E-state index in [1.807, 2.05) is 0 Å². The lowest BCUT2D eigenvalue weighted by Crippen LogP contribution is -1.88. The predicted molar refractivity (Wildman–Crippen MR) is 217 cm³/mol. The molecule has 0 atom stereocenters. The maximum atomic E-state index is 2.27. The zero-order valence-corrected chi connectivity index (χ0v) is 27.9. The molecule has 0 amide bonds. The van der Waals surface area contributed by atoms with E-state index in [2.05, 4.69) is 231 Å². The van der Waals surface area contributed by atoms with Crippen LogP contribution in [0.2, 0.25) is 0 Å². The summed E-state index contributed by atoms with van der Waals surface area (Å²) in [7, 11) is 0. The van der Waals surface area contributed by atoms with Gasteiger partial charge < -0.3 is 0 Å². The summed E-state index contributed by atoms with van der Waals surface area (Å²) in [5, 5.41) is 0. The van der Waals surface area contributed by atoms with Gasteiger partial charge in [0.1, 0.15) is 0 Å². The van der Waals surface area contributed by atoms with Crippen molar-refractivity contribution >= 4 is 47.6 Å². The Bertz CT molecular complexity index is 1970. The van der Waals surface area contributed by atoms with Gasteiger partial charge in [0.15, 0.2) is 0 Å². The van der Waals surface area contributed by atoms with E-state index in [1.165, 1.54) is 66.8 Å². The van der Waals surface area contributed by atoms with Crippen LogP contribution in [0.5, 0.6) is 0 Å². The van der Waals surface area contributed by atoms with Crippen LogP contribution < -0.4 is 0 Å². The molecule has 0 nitrogen and oxygen atoms in total. The van der Waals surface area contributed by atoms with Crippen molar-refractivity contribution in [3.63, 3.8) is 0 Å². The number of hydrogen-bond acceptors (Lipinski definition) is 0. The lowest BCUT2D eigenvalue weighted by Gasteiger charge is -2.09. The van der Waals surface area contributed by atoms with E-state index in [0.717, 1.165) is 0 Å². The Morgan fingerprint density at radius 1 is 0.220 bits per heavy atom. The first kappa shape index (κ1) is 32.1. The molecule has 0 heterocycles. The summed E-state index contributed by atoms with van der Waals surface area (Å²) in [6.07, 6.45) is 13.2. The van der Waals surface area contributed by atoms with Crippen LogP contribution >= 0.6 is 0 Å². The van der Waals surface area contributed by atoms with Crippen LogP contribution in [0, 0.1) is 0 Å². The third-order valence-corrected chi connectivity index (χ3v) is 8.71. The van der Waals surface area contributed by atoms with Crippen LogP contribution in [0.15, 0.2) is 194 Å². The van der Waals surface area contributed by atoms with E-state index in [-0.39, 0.29) is 0 Å². The maximum Gasteiger partial charge on any atom is -0.0105 e. The minimum Gasteiger partial charge on any atom is -0.0622 e. The summed E-state index contributed by atoms with van der Waals surface area (Å²) in [4.78, 5) is 0. The average molecular weight is 639 g/mol. The Morgan fingerprint density at radius 2 is 0.420 bits per heavy atom. The van der Waals surface area contributed by atoms with E-state index < -0.39 is 0 Å². The highest BCUT2D eigenvalue weighted by Gasteiger charge is 2.06. The second-order valence-corrected chi connectivity index (χ2v) is 12.2. The SMILES string of the molecule is C(=C(c1ccccc1)c1ccccc1)c1ccc(/C=C/c2ccc(/C=C/c3ccc(C=C(c4ccccc4)c4ccccc4)cc3)cc2)cc1. The van der Waals surface area contributed by atoms with Crippen LogP contribution in [0.1, 0.15) is 55.6 Å². The first-order valence-electron chi connectivity index (χ1n) is 17.1. The van der Waals surface area contributed by atoms with Gasteiger partial charge in [-0.2, -0.15) is 0 Å². The van der Waals surface area contributed by atoms with Crippen LogP contribution in [-0.4, -0.2) is 0 Å². The third kappa shape index (κ3) is 8.50. The monoisotopic (exact) mass is 638 g/mol. The standard InChI is InChI=1S/C50H38/c1-5-13-45(14-6-1)49(46-15-7-2-8-16-46)37-43-33-29-41(30-34-43)27-25-39-21-23-40(24-22-39)26-28-42-31-35-44(36-32-42)38-50(47-17-9-3-10-18-47)48-19-11-4-12-20-48/h1-38H/b27-25+,28-26+. The summed E-state index contributed by atoms with van der Waals surface area (Å²) in [6.45, 7) is 0. The first-order valence-corrected chi connectivity index (χ1v) is 17.1. The van der Waals surface area contributed by atoms with Crippen LogP contribution in [0.4, 0.5) is 0 Å². The summed E-state index contributed by atoms with van der Waals surface area (Å²) < 4.78 is 0. The van der Waals surface area contributed by atoms with Crippen LogP contribution in [-0.2, 0) is 0 Å². The fraction of sp³-hybridized carbons (Fsp3) is 0. The Labute approximate surface area is 296 Å². The summed E-state index contributed by atoms with van der Waals surface area (Å²) >= 11 is 0. The molecule has 0 heteroatoms. The van der Waals surface area contributed by atoms with Gasteiger partial charge in [-0.15, -0.1) is 0 Å². The van der Waals surface area contributed by atoms with E-state index in [1.54, 1.807) is 0 Å². The molecule has 7 rings (SSSR count). The van der Waals surface area contributed by atoms with Gasteiger partial charge in [-0.25, -0.2) is 0 Å². The molecule has 0 aliphatic rings. The lowest BCUT2D eigenvalue weighted by molar-refractivity contribution is 1.55. The van der Waals surface area contributed by atoms with E-state index in [4.69, 9.17) is 0 Å². The van der Waals surface area contributed by atoms with Gasteiger partial charge in [-0.1, -0.05) is 218 Å². The molecule has 0 aliphatic carbocycles. The molecule has 7 aromatic carbocycles. The van der Waals surface area contributed by atoms with Crippen molar-refractivity contribution in [1.29, 1.82) is 0 Å². The highest BCUT2D eigenvalue weighted by Crippen LogP contribution is 2.28. The number of benzene rings is 7. The lowest BCUT2D eigenvalue weighted by atomic mass is 9.95. The van der Waals surface area contributed by atoms with Crippen molar-refractivity contribution in [3.8, 4) is 0 Å². The Balaban J connectivity index is 0.999. The van der Waals surface area contributed by atoms with Gasteiger partial charge in [-0.3, -0.25) is 0 Å². The van der Waals surface area contributed by atoms with Crippen molar-refractivity contribution in [1.82, 2.24) is 0 Å². The molecule has 0 saturated carbocycles. The molecule has 0 bridgehead atoms. The zero-order valence-electron chi connectivity index (χ0n) is 27.9. The fourth-order valence-corrected chi connectivity index (χ4v) is 5.98. The van der Waals surface area contributed by atoms with Gasteiger partial charge in [0.25, 0.3) is 0 Å². The molecule has 0 aromatic heterocycles. The van der Waals surface area contributed by atoms with Gasteiger partial charge >= 0.3 is 0 Å². The molecule has 238 valence electrons. The van der Waals surface area contributed by atoms with E-state index in [0.29, 0.717) is 0 Å². The number of rotatable bonds is 10. The fourth-order valence-electron chi connectivity index (χ4n) is 5.98. The minimum absolute atomic E-state index is 1.17. The van der Waals surface area contributed by atoms with Crippen LogP contribution in [0.3, 0.4) is 0 Å². The predicted octanol–water partition coefficient (Wildman–Crippen LogP) is 13.2. The molecule has 0 radical (unpaired) electrons. The molecular formula is C50H38. The van der Waals surface area contributed by atoms with Crippen molar-refractivity contribution in [3.05, 3.63) is 250 Å². The Hall–Kier alpha value is -6.50. The zero-order chi connectivity index (χ0) is 33.8. The van der Waals surface area contributed by atoms with Crippen molar-refractivity contribution in [2.75, 3.05) is 0 Å². The molecule has 0 saturated heterocycles. The van der Waals surface area contributed by atoms with Gasteiger partial charge in [-0.05, 0) is 78.9 Å². The molecule has 0 spiro atoms. The quantitative estimate of drug-likeness (QED) is 0.131. The molecule has 0 fully saturated rings. The highest BCUT2D eigenvalue weighted by atomic mass is 14.1. The van der Waals surface area contributed by atoms with Crippen molar-refractivity contribution < 1.29 is 0 Å². The molecule has 0 N–H and O–H groups in total. The average Bonchev–Trinajstić information content (AvgIpc) is 3.20. The molecule has 50 heavy (non-hydrogen) atoms. The second kappa shape index (κ2) is 16.1. The van der Waals surface area contributed by atoms with Crippen molar-refractivity contribution in [2.45, 2.75) is 0 Å². The molecular weight excluding hydrogens is 601 g/mol. The summed E-state index contributed by atoms with van der Waals surface area (Å²) in [5.74, 6) is 0. The normalized spacial score (nSPS) is 11.0. The first-order chi connectivity index (χ1) is 24.8. The second-order valence-electron chi connectivity index (χ2n) is 12.2. The maximum absolute atomic E-state index is 2.27. The molecule has 0 aliphatic heterocycles. The largest absolute Gasteiger partial charge is 0.0622 e. The third-order valence-electron chi connectivity index (χ3n) is 8.71. The molecule has 0 unspecified atom stereocenters. The minimum atomic E-state index is 1.17.